The van der Waals surface area contributed by atoms with Gasteiger partial charge in [0.2, 0.25) is 5.89 Å². The molecule has 5 heteroatoms. The van der Waals surface area contributed by atoms with Crippen molar-refractivity contribution in [3.8, 4) is 11.5 Å². The highest BCUT2D eigenvalue weighted by molar-refractivity contribution is 6.05. The van der Waals surface area contributed by atoms with Gasteiger partial charge in [-0.2, -0.15) is 0 Å². The van der Waals surface area contributed by atoms with E-state index in [9.17, 15) is 9.18 Å². The van der Waals surface area contributed by atoms with Crippen LogP contribution in [-0.2, 0) is 0 Å². The maximum absolute atomic E-state index is 13.4. The molecule has 3 aromatic carbocycles. The third-order valence-electron chi connectivity index (χ3n) is 4.34. The number of carbonyl (C=O) groups is 1. The standard InChI is InChI=1S/C22H17FN2O2/c1-13-6-8-18(14(2)10-13)21(26)24-17-7-9-20-19(12-17)25-22(27-20)15-4-3-5-16(23)11-15/h3-12H,1-2H3,(H,24,26). The lowest BCUT2D eigenvalue weighted by Gasteiger charge is -2.08. The molecule has 1 heterocycles. The van der Waals surface area contributed by atoms with Crippen LogP contribution in [0.15, 0.2) is 65.1 Å². The number of halogens is 1. The topological polar surface area (TPSA) is 55.1 Å². The first kappa shape index (κ1) is 17.0. The Bertz CT molecular complexity index is 1160. The van der Waals surface area contributed by atoms with Crippen molar-refractivity contribution in [3.05, 3.63) is 83.2 Å². The van der Waals surface area contributed by atoms with E-state index >= 15 is 0 Å². The van der Waals surface area contributed by atoms with E-state index < -0.39 is 0 Å². The quantitative estimate of drug-likeness (QED) is 0.525. The van der Waals surface area contributed by atoms with Crippen LogP contribution in [0.2, 0.25) is 0 Å². The van der Waals surface area contributed by atoms with Crippen molar-refractivity contribution < 1.29 is 13.6 Å². The van der Waals surface area contributed by atoms with Crippen molar-refractivity contribution in [3.63, 3.8) is 0 Å². The molecule has 0 atom stereocenters. The molecule has 0 bridgehead atoms. The SMILES string of the molecule is Cc1ccc(C(=O)Nc2ccc3oc(-c4cccc(F)c4)nc3c2)c(C)c1. The summed E-state index contributed by atoms with van der Waals surface area (Å²) in [5, 5.41) is 2.89. The van der Waals surface area contributed by atoms with Gasteiger partial charge in [-0.3, -0.25) is 4.79 Å². The summed E-state index contributed by atoms with van der Waals surface area (Å²) in [7, 11) is 0. The lowest BCUT2D eigenvalue weighted by Crippen LogP contribution is -2.13. The molecule has 0 radical (unpaired) electrons. The van der Waals surface area contributed by atoms with Gasteiger partial charge in [-0.25, -0.2) is 9.37 Å². The Morgan fingerprint density at radius 3 is 2.67 bits per heavy atom. The van der Waals surface area contributed by atoms with Crippen LogP contribution in [0.4, 0.5) is 10.1 Å². The van der Waals surface area contributed by atoms with E-state index in [1.54, 1.807) is 30.3 Å². The first-order chi connectivity index (χ1) is 13.0. The summed E-state index contributed by atoms with van der Waals surface area (Å²) in [6.45, 7) is 3.90. The summed E-state index contributed by atoms with van der Waals surface area (Å²) in [5.41, 5.74) is 4.99. The molecule has 4 nitrogen and oxygen atoms in total. The third kappa shape index (κ3) is 3.44. The highest BCUT2D eigenvalue weighted by atomic mass is 19.1. The smallest absolute Gasteiger partial charge is 0.255 e. The monoisotopic (exact) mass is 360 g/mol. The van der Waals surface area contributed by atoms with Gasteiger partial charge in [-0.05, 0) is 61.9 Å². The molecule has 0 spiro atoms. The molecule has 0 unspecified atom stereocenters. The normalized spacial score (nSPS) is 10.9. The molecule has 0 aliphatic carbocycles. The second-order valence-corrected chi connectivity index (χ2v) is 6.48. The molecule has 134 valence electrons. The van der Waals surface area contributed by atoms with Crippen molar-refractivity contribution in [2.75, 3.05) is 5.32 Å². The fourth-order valence-electron chi connectivity index (χ4n) is 3.02. The molecule has 1 aromatic heterocycles. The van der Waals surface area contributed by atoms with Crippen LogP contribution >= 0.6 is 0 Å². The van der Waals surface area contributed by atoms with Crippen molar-refractivity contribution in [2.24, 2.45) is 0 Å². The van der Waals surface area contributed by atoms with Gasteiger partial charge in [0.25, 0.3) is 5.91 Å². The Kier molecular flexibility index (Phi) is 4.20. The molecule has 0 saturated carbocycles. The van der Waals surface area contributed by atoms with Gasteiger partial charge in [0, 0.05) is 16.8 Å². The zero-order valence-corrected chi connectivity index (χ0v) is 14.9. The maximum Gasteiger partial charge on any atom is 0.255 e. The van der Waals surface area contributed by atoms with E-state index in [4.69, 9.17) is 4.42 Å². The minimum absolute atomic E-state index is 0.180. The van der Waals surface area contributed by atoms with Crippen molar-refractivity contribution in [1.29, 1.82) is 0 Å². The number of hydrogen-bond acceptors (Lipinski definition) is 3. The summed E-state index contributed by atoms with van der Waals surface area (Å²) in [6.07, 6.45) is 0. The summed E-state index contributed by atoms with van der Waals surface area (Å²) in [6, 6.07) is 17.0. The van der Waals surface area contributed by atoms with Gasteiger partial charge >= 0.3 is 0 Å². The van der Waals surface area contributed by atoms with Crippen LogP contribution in [0, 0.1) is 19.7 Å². The largest absolute Gasteiger partial charge is 0.436 e. The van der Waals surface area contributed by atoms with E-state index in [1.807, 2.05) is 32.0 Å². The maximum atomic E-state index is 13.4. The molecule has 0 aliphatic rings. The highest BCUT2D eigenvalue weighted by Gasteiger charge is 2.12. The Balaban J connectivity index is 1.62. The van der Waals surface area contributed by atoms with Gasteiger partial charge < -0.3 is 9.73 Å². The van der Waals surface area contributed by atoms with Crippen LogP contribution < -0.4 is 5.32 Å². The number of anilines is 1. The van der Waals surface area contributed by atoms with Crippen LogP contribution in [0.25, 0.3) is 22.6 Å². The van der Waals surface area contributed by atoms with Crippen molar-refractivity contribution >= 4 is 22.7 Å². The number of benzene rings is 3. The number of hydrogen-bond donors (Lipinski definition) is 1. The second kappa shape index (κ2) is 6.68. The predicted molar refractivity (Wildman–Crippen MR) is 103 cm³/mol. The van der Waals surface area contributed by atoms with Crippen LogP contribution in [0.5, 0.6) is 0 Å². The van der Waals surface area contributed by atoms with Crippen LogP contribution in [0.1, 0.15) is 21.5 Å². The molecule has 4 rings (SSSR count). The van der Waals surface area contributed by atoms with Gasteiger partial charge in [0.15, 0.2) is 5.58 Å². The van der Waals surface area contributed by atoms with E-state index in [0.717, 1.165) is 11.1 Å². The predicted octanol–water partition coefficient (Wildman–Crippen LogP) is 5.50. The van der Waals surface area contributed by atoms with E-state index in [0.29, 0.717) is 33.8 Å². The number of amides is 1. The summed E-state index contributed by atoms with van der Waals surface area (Å²) < 4.78 is 19.1. The number of aromatic nitrogens is 1. The summed E-state index contributed by atoms with van der Waals surface area (Å²) >= 11 is 0. The Morgan fingerprint density at radius 2 is 1.89 bits per heavy atom. The first-order valence-corrected chi connectivity index (χ1v) is 8.55. The molecule has 0 aliphatic heterocycles. The molecule has 0 saturated heterocycles. The molecule has 1 N–H and O–H groups in total. The Labute approximate surface area is 155 Å². The highest BCUT2D eigenvalue weighted by Crippen LogP contribution is 2.27. The van der Waals surface area contributed by atoms with Crippen LogP contribution in [0.3, 0.4) is 0 Å². The van der Waals surface area contributed by atoms with Crippen molar-refractivity contribution in [2.45, 2.75) is 13.8 Å². The molecular weight excluding hydrogens is 343 g/mol. The van der Waals surface area contributed by atoms with E-state index in [2.05, 4.69) is 10.3 Å². The first-order valence-electron chi connectivity index (χ1n) is 8.55. The molecular formula is C22H17FN2O2. The fourth-order valence-corrected chi connectivity index (χ4v) is 3.02. The fraction of sp³-hybridized carbons (Fsp3) is 0.0909. The number of nitrogens with zero attached hydrogens (tertiary/aromatic N) is 1. The molecule has 27 heavy (non-hydrogen) atoms. The number of fused-ring (bicyclic) bond motifs is 1. The number of oxazole rings is 1. The van der Waals surface area contributed by atoms with Crippen molar-refractivity contribution in [1.82, 2.24) is 4.98 Å². The minimum atomic E-state index is -0.351. The minimum Gasteiger partial charge on any atom is -0.436 e. The second-order valence-electron chi connectivity index (χ2n) is 6.48. The lowest BCUT2D eigenvalue weighted by molar-refractivity contribution is 0.102. The average molecular weight is 360 g/mol. The van der Waals surface area contributed by atoms with Gasteiger partial charge in [-0.15, -0.1) is 0 Å². The van der Waals surface area contributed by atoms with Crippen LogP contribution in [-0.4, -0.2) is 10.9 Å². The Morgan fingerprint density at radius 1 is 1.04 bits per heavy atom. The lowest BCUT2D eigenvalue weighted by atomic mass is 10.1. The number of rotatable bonds is 3. The summed E-state index contributed by atoms with van der Waals surface area (Å²) in [4.78, 5) is 17.0. The van der Waals surface area contributed by atoms with Gasteiger partial charge in [0.05, 0.1) is 0 Å². The molecule has 0 fully saturated rings. The zero-order chi connectivity index (χ0) is 19.0. The Hall–Kier alpha value is -3.47. The van der Waals surface area contributed by atoms with Gasteiger partial charge in [0.1, 0.15) is 11.3 Å². The molecule has 4 aromatic rings. The number of aryl methyl sites for hydroxylation is 2. The molecule has 1 amide bonds. The number of nitrogens with one attached hydrogen (secondary N) is 1. The zero-order valence-electron chi connectivity index (χ0n) is 14.9. The average Bonchev–Trinajstić information content (AvgIpc) is 3.05. The van der Waals surface area contributed by atoms with Gasteiger partial charge in [-0.1, -0.05) is 23.8 Å². The number of carbonyl (C=O) groups excluding carboxylic acids is 1. The summed E-state index contributed by atoms with van der Waals surface area (Å²) in [5.74, 6) is -0.195. The van der Waals surface area contributed by atoms with E-state index in [1.165, 1.54) is 12.1 Å². The third-order valence-corrected chi connectivity index (χ3v) is 4.34. The van der Waals surface area contributed by atoms with E-state index in [-0.39, 0.29) is 11.7 Å².